The largest absolute Gasteiger partial charge is 0.392 e. The van der Waals surface area contributed by atoms with Crippen LogP contribution in [0.3, 0.4) is 0 Å². The number of likely N-dealkylation sites (tertiary alicyclic amines) is 1. The average Bonchev–Trinajstić information content (AvgIpc) is 3.17. The number of carbonyl (C=O) groups excluding carboxylic acids is 1. The quantitative estimate of drug-likeness (QED) is 0.779. The van der Waals surface area contributed by atoms with Crippen molar-refractivity contribution in [1.82, 2.24) is 10.2 Å². The summed E-state index contributed by atoms with van der Waals surface area (Å²) in [6.07, 6.45) is 6.16. The van der Waals surface area contributed by atoms with Gasteiger partial charge in [-0.1, -0.05) is 42.1 Å². The van der Waals surface area contributed by atoms with Gasteiger partial charge in [-0.15, -0.1) is 0 Å². The van der Waals surface area contributed by atoms with Crippen LogP contribution in [0.5, 0.6) is 0 Å². The van der Waals surface area contributed by atoms with E-state index in [1.807, 2.05) is 17.0 Å². The molecule has 4 rings (SSSR count). The van der Waals surface area contributed by atoms with Crippen LogP contribution in [-0.2, 0) is 10.2 Å². The van der Waals surface area contributed by atoms with E-state index in [2.05, 4.69) is 5.32 Å². The Morgan fingerprint density at radius 3 is 2.63 bits per heavy atom. The van der Waals surface area contributed by atoms with Crippen molar-refractivity contribution >= 4 is 29.1 Å². The van der Waals surface area contributed by atoms with Crippen LogP contribution in [0.15, 0.2) is 18.2 Å². The summed E-state index contributed by atoms with van der Waals surface area (Å²) >= 11 is 12.4. The van der Waals surface area contributed by atoms with Crippen LogP contribution in [0.25, 0.3) is 0 Å². The molecule has 1 aromatic rings. The molecular weight excluding hydrogens is 383 g/mol. The lowest BCUT2D eigenvalue weighted by atomic mass is 9.71. The molecule has 0 bridgehead atoms. The zero-order valence-electron chi connectivity index (χ0n) is 15.6. The van der Waals surface area contributed by atoms with Gasteiger partial charge in [-0.05, 0) is 56.3 Å². The van der Waals surface area contributed by atoms with E-state index < -0.39 is 5.41 Å². The molecule has 1 saturated carbocycles. The maximum atomic E-state index is 13.8. The molecule has 3 aliphatic rings. The fraction of sp³-hybridized carbons (Fsp3) is 0.667. The van der Waals surface area contributed by atoms with Gasteiger partial charge in [0.15, 0.2) is 0 Å². The summed E-state index contributed by atoms with van der Waals surface area (Å²) in [5.41, 5.74) is 0.282. The van der Waals surface area contributed by atoms with Gasteiger partial charge in [0.1, 0.15) is 0 Å². The predicted molar refractivity (Wildman–Crippen MR) is 108 cm³/mol. The Kier molecular flexibility index (Phi) is 5.45. The highest BCUT2D eigenvalue weighted by atomic mass is 35.5. The Labute approximate surface area is 171 Å². The average molecular weight is 411 g/mol. The van der Waals surface area contributed by atoms with E-state index in [1.54, 1.807) is 6.07 Å². The van der Waals surface area contributed by atoms with Gasteiger partial charge in [-0.2, -0.15) is 0 Å². The number of rotatable bonds is 2. The van der Waals surface area contributed by atoms with Gasteiger partial charge in [0.25, 0.3) is 0 Å². The van der Waals surface area contributed by atoms with Crippen LogP contribution in [0.2, 0.25) is 10.0 Å². The SMILES string of the molecule is O=C(N1CCC[C@]2(CNCC[C@@H]2O)C1)C1(c2ccc(Cl)c(Cl)c2)CCCC1. The number of amides is 1. The fourth-order valence-electron chi connectivity index (χ4n) is 5.45. The van der Waals surface area contributed by atoms with Crippen LogP contribution in [-0.4, -0.2) is 48.2 Å². The number of benzene rings is 1. The minimum Gasteiger partial charge on any atom is -0.392 e. The first kappa shape index (κ1) is 19.5. The molecule has 0 unspecified atom stereocenters. The summed E-state index contributed by atoms with van der Waals surface area (Å²) in [4.78, 5) is 15.8. The third-order valence-electron chi connectivity index (χ3n) is 7.01. The lowest BCUT2D eigenvalue weighted by Crippen LogP contribution is -2.60. The molecular formula is C21H28Cl2N2O2. The molecule has 2 atom stereocenters. The number of carbonyl (C=O) groups is 1. The molecule has 148 valence electrons. The molecule has 2 N–H and O–H groups in total. The first-order valence-corrected chi connectivity index (χ1v) is 10.9. The highest BCUT2D eigenvalue weighted by molar-refractivity contribution is 6.42. The van der Waals surface area contributed by atoms with Crippen molar-refractivity contribution in [2.45, 2.75) is 56.5 Å². The van der Waals surface area contributed by atoms with E-state index in [-0.39, 0.29) is 17.4 Å². The number of aliphatic hydroxyl groups is 1. The first-order chi connectivity index (χ1) is 13.0. The summed E-state index contributed by atoms with van der Waals surface area (Å²) in [5, 5.41) is 15.1. The standard InChI is InChI=1S/C21H28Cl2N2O2/c22-16-5-4-15(12-17(16)23)21(8-1-2-9-21)19(27)25-11-3-7-20(14-25)13-24-10-6-18(20)26/h4-5,12,18,24,26H,1-3,6-11,13-14H2/t18-,20-/m0/s1. The van der Waals surface area contributed by atoms with Crippen LogP contribution in [0.4, 0.5) is 0 Å². The van der Waals surface area contributed by atoms with Gasteiger partial charge in [0.05, 0.1) is 21.6 Å². The summed E-state index contributed by atoms with van der Waals surface area (Å²) in [7, 11) is 0. The molecule has 2 heterocycles. The second kappa shape index (κ2) is 7.55. The third-order valence-corrected chi connectivity index (χ3v) is 7.75. The molecule has 1 aromatic carbocycles. The highest BCUT2D eigenvalue weighted by Crippen LogP contribution is 2.46. The van der Waals surface area contributed by atoms with Gasteiger partial charge in [0.2, 0.25) is 5.91 Å². The molecule has 1 aliphatic carbocycles. The number of aliphatic hydroxyl groups excluding tert-OH is 1. The molecule has 2 aliphatic heterocycles. The zero-order valence-corrected chi connectivity index (χ0v) is 17.2. The van der Waals surface area contributed by atoms with Crippen molar-refractivity contribution in [3.05, 3.63) is 33.8 Å². The number of nitrogens with zero attached hydrogens (tertiary/aromatic N) is 1. The van der Waals surface area contributed by atoms with Crippen molar-refractivity contribution in [3.8, 4) is 0 Å². The van der Waals surface area contributed by atoms with Crippen molar-refractivity contribution in [1.29, 1.82) is 0 Å². The lowest BCUT2D eigenvalue weighted by Gasteiger charge is -2.49. The number of hydrogen-bond acceptors (Lipinski definition) is 3. The van der Waals surface area contributed by atoms with E-state index in [1.165, 1.54) is 0 Å². The Bertz CT molecular complexity index is 716. The molecule has 27 heavy (non-hydrogen) atoms. The Morgan fingerprint density at radius 2 is 1.93 bits per heavy atom. The summed E-state index contributed by atoms with van der Waals surface area (Å²) < 4.78 is 0. The van der Waals surface area contributed by atoms with Crippen molar-refractivity contribution in [2.75, 3.05) is 26.2 Å². The van der Waals surface area contributed by atoms with E-state index >= 15 is 0 Å². The summed E-state index contributed by atoms with van der Waals surface area (Å²) in [6.45, 7) is 3.06. The van der Waals surface area contributed by atoms with E-state index in [9.17, 15) is 9.90 Å². The molecule has 2 saturated heterocycles. The zero-order chi connectivity index (χ0) is 19.1. The number of piperidine rings is 2. The van der Waals surface area contributed by atoms with Gasteiger partial charge in [-0.25, -0.2) is 0 Å². The van der Waals surface area contributed by atoms with E-state index in [0.29, 0.717) is 16.6 Å². The monoisotopic (exact) mass is 410 g/mol. The normalized spacial score (nSPS) is 30.6. The fourth-order valence-corrected chi connectivity index (χ4v) is 5.75. The summed E-state index contributed by atoms with van der Waals surface area (Å²) in [6, 6.07) is 5.65. The Morgan fingerprint density at radius 1 is 1.15 bits per heavy atom. The van der Waals surface area contributed by atoms with E-state index in [0.717, 1.165) is 70.1 Å². The van der Waals surface area contributed by atoms with Gasteiger partial charge >= 0.3 is 0 Å². The topological polar surface area (TPSA) is 52.6 Å². The van der Waals surface area contributed by atoms with Crippen LogP contribution >= 0.6 is 23.2 Å². The van der Waals surface area contributed by atoms with Crippen LogP contribution < -0.4 is 5.32 Å². The minimum atomic E-state index is -0.500. The number of nitrogens with one attached hydrogen (secondary N) is 1. The smallest absolute Gasteiger partial charge is 0.233 e. The van der Waals surface area contributed by atoms with Gasteiger partial charge in [0, 0.05) is 25.0 Å². The third kappa shape index (κ3) is 3.39. The van der Waals surface area contributed by atoms with Crippen molar-refractivity contribution in [2.24, 2.45) is 5.41 Å². The van der Waals surface area contributed by atoms with E-state index in [4.69, 9.17) is 23.2 Å². The predicted octanol–water partition coefficient (Wildman–Crippen LogP) is 3.77. The second-order valence-corrected chi connectivity index (χ2v) is 9.41. The minimum absolute atomic E-state index is 0.204. The van der Waals surface area contributed by atoms with Crippen LogP contribution in [0.1, 0.15) is 50.5 Å². The Hall–Kier alpha value is -0.810. The number of halogens is 2. The van der Waals surface area contributed by atoms with Crippen molar-refractivity contribution in [3.63, 3.8) is 0 Å². The first-order valence-electron chi connectivity index (χ1n) is 10.1. The molecule has 4 nitrogen and oxygen atoms in total. The molecule has 3 fully saturated rings. The van der Waals surface area contributed by atoms with Gasteiger partial charge < -0.3 is 15.3 Å². The Balaban J connectivity index is 1.63. The number of hydrogen-bond donors (Lipinski definition) is 2. The van der Waals surface area contributed by atoms with Crippen molar-refractivity contribution < 1.29 is 9.90 Å². The lowest BCUT2D eigenvalue weighted by molar-refractivity contribution is -0.144. The maximum absolute atomic E-state index is 13.8. The summed E-state index contributed by atoms with van der Waals surface area (Å²) in [5.74, 6) is 0.204. The maximum Gasteiger partial charge on any atom is 0.233 e. The van der Waals surface area contributed by atoms with Gasteiger partial charge in [-0.3, -0.25) is 4.79 Å². The molecule has 1 spiro atoms. The molecule has 1 amide bonds. The second-order valence-electron chi connectivity index (χ2n) is 8.59. The molecule has 6 heteroatoms. The van der Waals surface area contributed by atoms with Crippen LogP contribution in [0, 0.1) is 5.41 Å². The molecule has 0 radical (unpaired) electrons. The highest BCUT2D eigenvalue weighted by Gasteiger charge is 2.49. The molecule has 0 aromatic heterocycles.